The molecular weight excluding hydrogens is 324 g/mol. The van der Waals surface area contributed by atoms with Gasteiger partial charge in [-0.05, 0) is 48.9 Å². The van der Waals surface area contributed by atoms with E-state index in [9.17, 15) is 14.9 Å². The average molecular weight is 338 g/mol. The third-order valence-electron chi connectivity index (χ3n) is 3.20. The molecule has 2 rings (SSSR count). The summed E-state index contributed by atoms with van der Waals surface area (Å²) < 4.78 is 5.28. The molecule has 0 bridgehead atoms. The van der Waals surface area contributed by atoms with Gasteiger partial charge in [-0.25, -0.2) is 5.43 Å². The summed E-state index contributed by atoms with van der Waals surface area (Å²) in [5, 5.41) is 23.2. The molecule has 2 aromatic rings. The minimum absolute atomic E-state index is 0.0172. The van der Waals surface area contributed by atoms with Crippen LogP contribution >= 0.6 is 0 Å². The van der Waals surface area contributed by atoms with Gasteiger partial charge in [0.05, 0.1) is 22.3 Å². The predicted octanol–water partition coefficient (Wildman–Crippen LogP) is 2.39. The van der Waals surface area contributed by atoms with Crippen LogP contribution in [-0.4, -0.2) is 23.1 Å². The summed E-state index contributed by atoms with van der Waals surface area (Å²) >= 11 is 0. The maximum atomic E-state index is 11.7. The summed E-state index contributed by atoms with van der Waals surface area (Å²) in [6.45, 7) is 1.44. The molecule has 0 aliphatic carbocycles. The smallest absolute Gasteiger partial charge is 0.277 e. The topological polar surface area (TPSA) is 118 Å². The molecule has 126 valence electrons. The second kappa shape index (κ2) is 8.21. The minimum Gasteiger partial charge on any atom is -0.484 e. The number of amides is 1. The highest BCUT2D eigenvalue weighted by molar-refractivity contribution is 5.99. The van der Waals surface area contributed by atoms with Crippen molar-refractivity contribution in [1.29, 1.82) is 5.26 Å². The summed E-state index contributed by atoms with van der Waals surface area (Å²) in [6, 6.07) is 14.2. The lowest BCUT2D eigenvalue weighted by molar-refractivity contribution is -0.384. The molecule has 0 unspecified atom stereocenters. The minimum atomic E-state index is -0.488. The number of nitriles is 1. The Labute approximate surface area is 143 Å². The predicted molar refractivity (Wildman–Crippen MR) is 90.1 cm³/mol. The zero-order valence-corrected chi connectivity index (χ0v) is 13.3. The van der Waals surface area contributed by atoms with Crippen molar-refractivity contribution in [3.05, 3.63) is 69.8 Å². The number of non-ortho nitro benzene ring substituents is 1. The molecule has 0 aliphatic heterocycles. The van der Waals surface area contributed by atoms with E-state index in [0.29, 0.717) is 22.6 Å². The largest absolute Gasteiger partial charge is 0.484 e. The Kier molecular flexibility index (Phi) is 5.79. The number of hydrogen-bond acceptors (Lipinski definition) is 6. The standard InChI is InChI=1S/C17H14N4O4/c1-12(14-4-6-15(7-5-14)21(23)24)19-20-17(22)11-25-16-8-2-13(10-18)3-9-16/h2-9H,11H2,1H3,(H,20,22)/b19-12-. The van der Waals surface area contributed by atoms with E-state index in [-0.39, 0.29) is 12.3 Å². The molecule has 0 aliphatic rings. The van der Waals surface area contributed by atoms with Crippen LogP contribution in [0.15, 0.2) is 53.6 Å². The molecule has 0 spiro atoms. The number of nitro benzene ring substituents is 1. The highest BCUT2D eigenvalue weighted by atomic mass is 16.6. The Morgan fingerprint density at radius 3 is 2.44 bits per heavy atom. The number of carbonyl (C=O) groups excluding carboxylic acids is 1. The van der Waals surface area contributed by atoms with Crippen molar-refractivity contribution in [3.63, 3.8) is 0 Å². The van der Waals surface area contributed by atoms with E-state index in [1.165, 1.54) is 12.1 Å². The molecule has 0 saturated heterocycles. The van der Waals surface area contributed by atoms with Crippen molar-refractivity contribution < 1.29 is 14.5 Å². The number of rotatable bonds is 6. The van der Waals surface area contributed by atoms with Gasteiger partial charge in [0.25, 0.3) is 11.6 Å². The van der Waals surface area contributed by atoms with Crippen LogP contribution in [0.25, 0.3) is 0 Å². The Morgan fingerprint density at radius 1 is 1.24 bits per heavy atom. The molecule has 0 fully saturated rings. The summed E-state index contributed by atoms with van der Waals surface area (Å²) in [4.78, 5) is 21.9. The quantitative estimate of drug-likeness (QED) is 0.493. The van der Waals surface area contributed by atoms with Gasteiger partial charge in [0.1, 0.15) is 5.75 Å². The molecular formula is C17H14N4O4. The molecule has 0 aromatic heterocycles. The van der Waals surface area contributed by atoms with E-state index in [0.717, 1.165) is 0 Å². The van der Waals surface area contributed by atoms with E-state index >= 15 is 0 Å². The number of nitrogens with one attached hydrogen (secondary N) is 1. The van der Waals surface area contributed by atoms with Crippen molar-refractivity contribution in [1.82, 2.24) is 5.43 Å². The fourth-order valence-electron chi connectivity index (χ4n) is 1.84. The lowest BCUT2D eigenvalue weighted by Crippen LogP contribution is -2.25. The maximum absolute atomic E-state index is 11.7. The van der Waals surface area contributed by atoms with E-state index in [1.807, 2.05) is 6.07 Å². The first-order valence-electron chi connectivity index (χ1n) is 7.20. The molecule has 0 atom stereocenters. The monoisotopic (exact) mass is 338 g/mol. The molecule has 0 radical (unpaired) electrons. The van der Waals surface area contributed by atoms with Crippen molar-refractivity contribution in [2.75, 3.05) is 6.61 Å². The Hall–Kier alpha value is -3.73. The van der Waals surface area contributed by atoms with Gasteiger partial charge in [0, 0.05) is 12.1 Å². The van der Waals surface area contributed by atoms with E-state index in [1.54, 1.807) is 43.3 Å². The number of hydrazone groups is 1. The second-order valence-corrected chi connectivity index (χ2v) is 4.96. The van der Waals surface area contributed by atoms with Crippen molar-refractivity contribution >= 4 is 17.3 Å². The van der Waals surface area contributed by atoms with Crippen LogP contribution in [0.4, 0.5) is 5.69 Å². The van der Waals surface area contributed by atoms with Crippen molar-refractivity contribution in [3.8, 4) is 11.8 Å². The molecule has 8 nitrogen and oxygen atoms in total. The van der Waals surface area contributed by atoms with E-state index < -0.39 is 10.8 Å². The molecule has 0 heterocycles. The molecule has 25 heavy (non-hydrogen) atoms. The Bertz CT molecular complexity index is 836. The van der Waals surface area contributed by atoms with Gasteiger partial charge in [0.2, 0.25) is 0 Å². The van der Waals surface area contributed by atoms with Gasteiger partial charge < -0.3 is 4.74 Å². The summed E-state index contributed by atoms with van der Waals surface area (Å²) in [5.41, 5.74) is 3.99. The first-order chi connectivity index (χ1) is 12.0. The van der Waals surface area contributed by atoms with Crippen LogP contribution in [0.5, 0.6) is 5.75 Å². The van der Waals surface area contributed by atoms with Crippen LogP contribution < -0.4 is 10.2 Å². The van der Waals surface area contributed by atoms with Crippen LogP contribution in [0.2, 0.25) is 0 Å². The van der Waals surface area contributed by atoms with Gasteiger partial charge >= 0.3 is 0 Å². The summed E-state index contributed by atoms with van der Waals surface area (Å²) in [5.74, 6) is 0.0100. The lowest BCUT2D eigenvalue weighted by Gasteiger charge is -2.06. The number of carbonyl (C=O) groups is 1. The lowest BCUT2D eigenvalue weighted by atomic mass is 10.1. The van der Waals surface area contributed by atoms with Gasteiger partial charge in [-0.2, -0.15) is 10.4 Å². The Balaban J connectivity index is 1.87. The van der Waals surface area contributed by atoms with E-state index in [2.05, 4.69) is 10.5 Å². The second-order valence-electron chi connectivity index (χ2n) is 4.96. The summed E-state index contributed by atoms with van der Waals surface area (Å²) in [6.07, 6.45) is 0. The normalized spacial score (nSPS) is 10.6. The third kappa shape index (κ3) is 5.14. The Morgan fingerprint density at radius 2 is 1.88 bits per heavy atom. The molecule has 8 heteroatoms. The number of benzene rings is 2. The van der Waals surface area contributed by atoms with Crippen LogP contribution in [0.3, 0.4) is 0 Å². The van der Waals surface area contributed by atoms with E-state index in [4.69, 9.17) is 10.00 Å². The van der Waals surface area contributed by atoms with Crippen molar-refractivity contribution in [2.45, 2.75) is 6.92 Å². The SMILES string of the molecule is C/C(=N/NC(=O)COc1ccc(C#N)cc1)c1ccc([N+](=O)[O-])cc1. The van der Waals surface area contributed by atoms with Crippen LogP contribution in [-0.2, 0) is 4.79 Å². The fraction of sp³-hybridized carbons (Fsp3) is 0.118. The molecule has 2 aromatic carbocycles. The first kappa shape index (κ1) is 17.6. The number of nitro groups is 1. The number of ether oxygens (including phenoxy) is 1. The zero-order chi connectivity index (χ0) is 18.2. The third-order valence-corrected chi connectivity index (χ3v) is 3.20. The summed E-state index contributed by atoms with van der Waals surface area (Å²) in [7, 11) is 0. The van der Waals surface area contributed by atoms with Crippen molar-refractivity contribution in [2.24, 2.45) is 5.10 Å². The van der Waals surface area contributed by atoms with Gasteiger partial charge in [-0.15, -0.1) is 0 Å². The zero-order valence-electron chi connectivity index (χ0n) is 13.3. The fourth-order valence-corrected chi connectivity index (χ4v) is 1.84. The van der Waals surface area contributed by atoms with Gasteiger partial charge in [-0.3, -0.25) is 14.9 Å². The average Bonchev–Trinajstić information content (AvgIpc) is 2.64. The maximum Gasteiger partial charge on any atom is 0.277 e. The number of hydrogen-bond donors (Lipinski definition) is 1. The molecule has 1 N–H and O–H groups in total. The highest BCUT2D eigenvalue weighted by Crippen LogP contribution is 2.13. The molecule has 0 saturated carbocycles. The molecule has 1 amide bonds. The van der Waals surface area contributed by atoms with Gasteiger partial charge in [-0.1, -0.05) is 0 Å². The van der Waals surface area contributed by atoms with Crippen LogP contribution in [0.1, 0.15) is 18.1 Å². The van der Waals surface area contributed by atoms with Gasteiger partial charge in [0.15, 0.2) is 6.61 Å². The first-order valence-corrected chi connectivity index (χ1v) is 7.20. The highest BCUT2D eigenvalue weighted by Gasteiger charge is 2.06. The number of nitrogens with zero attached hydrogens (tertiary/aromatic N) is 3. The van der Waals surface area contributed by atoms with Crippen LogP contribution in [0, 0.1) is 21.4 Å².